The molecule has 0 aromatic carbocycles. The van der Waals surface area contributed by atoms with E-state index in [1.807, 2.05) is 0 Å². The molecule has 0 unspecified atom stereocenters. The van der Waals surface area contributed by atoms with E-state index >= 15 is 0 Å². The van der Waals surface area contributed by atoms with Crippen LogP contribution in [0.15, 0.2) is 12.1 Å². The Kier molecular flexibility index (Phi) is 3.93. The van der Waals surface area contributed by atoms with Crippen LogP contribution in [-0.4, -0.2) is 53.7 Å². The van der Waals surface area contributed by atoms with E-state index in [-0.39, 0.29) is 18.6 Å². The summed E-state index contributed by atoms with van der Waals surface area (Å²) in [6.45, 7) is 1.18. The largest absolute Gasteiger partial charge is 0.468 e. The van der Waals surface area contributed by atoms with Crippen LogP contribution in [0.25, 0.3) is 0 Å². The summed E-state index contributed by atoms with van der Waals surface area (Å²) in [5, 5.41) is 11.5. The van der Waals surface area contributed by atoms with Crippen LogP contribution < -0.4 is 10.1 Å². The van der Waals surface area contributed by atoms with E-state index in [0.29, 0.717) is 25.5 Å². The number of ether oxygens (including phenoxy) is 1. The first-order valence-electron chi connectivity index (χ1n) is 5.60. The van der Waals surface area contributed by atoms with Gasteiger partial charge in [-0.15, -0.1) is 0 Å². The maximum atomic E-state index is 13.4. The number of rotatable bonds is 6. The molecule has 2 N–H and O–H groups in total. The number of anilines is 1. The first-order valence-corrected chi connectivity index (χ1v) is 5.60. The lowest BCUT2D eigenvalue weighted by atomic mass is 10.2. The number of nitrogens with zero attached hydrogens (tertiary/aromatic N) is 2. The molecule has 1 fully saturated rings. The molecule has 0 spiro atoms. The standard InChI is InChI=1S/C11H14FN3O3/c12-9-1-2-10(13-3-4-16)14-11(9)18-8-5-15(6-8)7-17/h1-2,7-8,16H,3-6H2,(H,13,14). The second kappa shape index (κ2) is 5.63. The Labute approximate surface area is 103 Å². The summed E-state index contributed by atoms with van der Waals surface area (Å²) >= 11 is 0. The fraction of sp³-hybridized carbons (Fsp3) is 0.455. The molecule has 2 heterocycles. The molecule has 2 rings (SSSR count). The summed E-state index contributed by atoms with van der Waals surface area (Å²) in [5.74, 6) is -0.199. The zero-order valence-electron chi connectivity index (χ0n) is 9.67. The molecule has 1 aliphatic rings. The molecule has 7 heteroatoms. The number of hydrogen-bond donors (Lipinski definition) is 2. The fourth-order valence-electron chi connectivity index (χ4n) is 1.58. The van der Waals surface area contributed by atoms with Crippen LogP contribution in [0.1, 0.15) is 0 Å². The van der Waals surface area contributed by atoms with Gasteiger partial charge >= 0.3 is 0 Å². The van der Waals surface area contributed by atoms with E-state index in [4.69, 9.17) is 9.84 Å². The minimum atomic E-state index is -0.547. The van der Waals surface area contributed by atoms with Gasteiger partial charge in [0.2, 0.25) is 6.41 Å². The van der Waals surface area contributed by atoms with Gasteiger partial charge in [0.25, 0.3) is 5.88 Å². The first kappa shape index (κ1) is 12.6. The van der Waals surface area contributed by atoms with Crippen LogP contribution in [0.3, 0.4) is 0 Å². The fourth-order valence-corrected chi connectivity index (χ4v) is 1.58. The van der Waals surface area contributed by atoms with Crippen LogP contribution in [0.4, 0.5) is 10.2 Å². The molecule has 0 atom stereocenters. The SMILES string of the molecule is O=CN1CC(Oc2nc(NCCO)ccc2F)C1. The Morgan fingerprint density at radius 1 is 1.61 bits per heavy atom. The van der Waals surface area contributed by atoms with Crippen LogP contribution in [0.5, 0.6) is 5.88 Å². The van der Waals surface area contributed by atoms with Crippen LogP contribution in [0, 0.1) is 5.82 Å². The Balaban J connectivity index is 1.96. The lowest BCUT2D eigenvalue weighted by Gasteiger charge is -2.35. The normalized spacial score (nSPS) is 15.1. The molecule has 1 aromatic rings. The monoisotopic (exact) mass is 255 g/mol. The molecular formula is C11H14FN3O3. The van der Waals surface area contributed by atoms with Gasteiger partial charge in [0.05, 0.1) is 19.7 Å². The zero-order chi connectivity index (χ0) is 13.0. The van der Waals surface area contributed by atoms with Crippen LogP contribution >= 0.6 is 0 Å². The second-order valence-electron chi connectivity index (χ2n) is 3.93. The molecule has 0 saturated carbocycles. The lowest BCUT2D eigenvalue weighted by molar-refractivity contribution is -0.126. The lowest BCUT2D eigenvalue weighted by Crippen LogP contribution is -2.53. The first-order chi connectivity index (χ1) is 8.72. The van der Waals surface area contributed by atoms with Crippen molar-refractivity contribution < 1.29 is 19.0 Å². The van der Waals surface area contributed by atoms with E-state index in [1.54, 1.807) is 0 Å². The number of aliphatic hydroxyl groups is 1. The van der Waals surface area contributed by atoms with E-state index in [9.17, 15) is 9.18 Å². The van der Waals surface area contributed by atoms with Crippen molar-refractivity contribution in [1.29, 1.82) is 0 Å². The Morgan fingerprint density at radius 3 is 3.06 bits per heavy atom. The van der Waals surface area contributed by atoms with Crippen molar-refractivity contribution in [1.82, 2.24) is 9.88 Å². The number of aromatic nitrogens is 1. The number of carbonyl (C=O) groups is 1. The van der Waals surface area contributed by atoms with Crippen molar-refractivity contribution in [3.8, 4) is 5.88 Å². The average molecular weight is 255 g/mol. The third-order valence-corrected chi connectivity index (χ3v) is 2.54. The predicted molar refractivity (Wildman–Crippen MR) is 61.8 cm³/mol. The van der Waals surface area contributed by atoms with Crippen LogP contribution in [-0.2, 0) is 4.79 Å². The van der Waals surface area contributed by atoms with Gasteiger partial charge in [-0.3, -0.25) is 4.79 Å². The number of halogens is 1. The van der Waals surface area contributed by atoms with E-state index in [0.717, 1.165) is 6.41 Å². The number of carbonyl (C=O) groups excluding carboxylic acids is 1. The number of pyridine rings is 1. The summed E-state index contributed by atoms with van der Waals surface area (Å²) in [4.78, 5) is 15.9. The predicted octanol–water partition coefficient (Wildman–Crippen LogP) is -0.156. The number of hydrogen-bond acceptors (Lipinski definition) is 5. The molecule has 0 bridgehead atoms. The summed E-state index contributed by atoms with van der Waals surface area (Å²) in [6.07, 6.45) is 0.508. The Hall–Kier alpha value is -1.89. The number of amides is 1. The van der Waals surface area contributed by atoms with Gasteiger partial charge in [0, 0.05) is 6.54 Å². The van der Waals surface area contributed by atoms with E-state index in [2.05, 4.69) is 10.3 Å². The number of nitrogens with one attached hydrogen (secondary N) is 1. The summed E-state index contributed by atoms with van der Waals surface area (Å²) in [5.41, 5.74) is 0. The van der Waals surface area contributed by atoms with Crippen molar-refractivity contribution in [2.24, 2.45) is 0 Å². The third-order valence-electron chi connectivity index (χ3n) is 2.54. The molecule has 6 nitrogen and oxygen atoms in total. The third kappa shape index (κ3) is 2.86. The van der Waals surface area contributed by atoms with Gasteiger partial charge in [0.1, 0.15) is 11.9 Å². The summed E-state index contributed by atoms with van der Waals surface area (Å²) in [6, 6.07) is 2.72. The maximum absolute atomic E-state index is 13.4. The Morgan fingerprint density at radius 2 is 2.39 bits per heavy atom. The molecule has 0 radical (unpaired) electrons. The van der Waals surface area contributed by atoms with Gasteiger partial charge in [0.15, 0.2) is 5.82 Å². The van der Waals surface area contributed by atoms with Crippen molar-refractivity contribution in [2.75, 3.05) is 31.6 Å². The maximum Gasteiger partial charge on any atom is 0.252 e. The smallest absolute Gasteiger partial charge is 0.252 e. The molecule has 1 saturated heterocycles. The molecule has 1 aromatic heterocycles. The molecule has 98 valence electrons. The zero-order valence-corrected chi connectivity index (χ0v) is 9.67. The van der Waals surface area contributed by atoms with E-state index < -0.39 is 5.82 Å². The van der Waals surface area contributed by atoms with Crippen LogP contribution in [0.2, 0.25) is 0 Å². The van der Waals surface area contributed by atoms with Crippen molar-refractivity contribution in [3.63, 3.8) is 0 Å². The highest BCUT2D eigenvalue weighted by atomic mass is 19.1. The number of aliphatic hydroxyl groups excluding tert-OH is 1. The molecule has 0 aliphatic carbocycles. The second-order valence-corrected chi connectivity index (χ2v) is 3.93. The van der Waals surface area contributed by atoms with Gasteiger partial charge in [-0.1, -0.05) is 0 Å². The highest BCUT2D eigenvalue weighted by Gasteiger charge is 2.28. The molecule has 1 amide bonds. The highest BCUT2D eigenvalue weighted by Crippen LogP contribution is 2.20. The van der Waals surface area contributed by atoms with Gasteiger partial charge < -0.3 is 20.1 Å². The molecule has 18 heavy (non-hydrogen) atoms. The molecular weight excluding hydrogens is 241 g/mol. The van der Waals surface area contributed by atoms with Gasteiger partial charge in [-0.2, -0.15) is 4.98 Å². The topological polar surface area (TPSA) is 74.7 Å². The quantitative estimate of drug-likeness (QED) is 0.691. The van der Waals surface area contributed by atoms with E-state index in [1.165, 1.54) is 17.0 Å². The Bertz CT molecular complexity index is 424. The van der Waals surface area contributed by atoms with Gasteiger partial charge in [-0.25, -0.2) is 4.39 Å². The average Bonchev–Trinajstić information content (AvgIpc) is 2.33. The van der Waals surface area contributed by atoms with Gasteiger partial charge in [-0.05, 0) is 12.1 Å². The minimum Gasteiger partial charge on any atom is -0.468 e. The molecule has 1 aliphatic heterocycles. The van der Waals surface area contributed by atoms with Crippen molar-refractivity contribution in [2.45, 2.75) is 6.10 Å². The summed E-state index contributed by atoms with van der Waals surface area (Å²) < 4.78 is 18.8. The highest BCUT2D eigenvalue weighted by molar-refractivity contribution is 5.49. The summed E-state index contributed by atoms with van der Waals surface area (Å²) in [7, 11) is 0. The van der Waals surface area contributed by atoms with Crippen molar-refractivity contribution in [3.05, 3.63) is 17.9 Å². The number of likely N-dealkylation sites (tertiary alicyclic amines) is 1. The minimum absolute atomic E-state index is 0.0355. The van der Waals surface area contributed by atoms with Crippen molar-refractivity contribution >= 4 is 12.2 Å².